The molecular weight excluding hydrogens is 284 g/mol. The number of aryl methyl sites for hydroxylation is 1. The number of aliphatic hydroxyl groups excluding tert-OH is 1. The predicted octanol–water partition coefficient (Wildman–Crippen LogP) is 3.42. The first-order valence-corrected chi connectivity index (χ1v) is 9.44. The van der Waals surface area contributed by atoms with Crippen LogP contribution in [0, 0.1) is 6.92 Å². The summed E-state index contributed by atoms with van der Waals surface area (Å²) in [6.07, 6.45) is 9.14. The standard InChI is InChI=1S/C20H32N2O/c1-16-7-9-17(10-8-16)20(23)15-21-18-11-13-22(14-12-18)19-5-3-2-4-6-19/h7-10,18-21,23H,2-6,11-15H2,1H3. The van der Waals surface area contributed by atoms with E-state index < -0.39 is 6.10 Å². The molecule has 2 aliphatic rings. The van der Waals surface area contributed by atoms with Crippen molar-refractivity contribution >= 4 is 0 Å². The maximum absolute atomic E-state index is 10.3. The lowest BCUT2D eigenvalue weighted by molar-refractivity contribution is 0.108. The molecule has 3 nitrogen and oxygen atoms in total. The van der Waals surface area contributed by atoms with Gasteiger partial charge in [0.1, 0.15) is 0 Å². The van der Waals surface area contributed by atoms with Crippen LogP contribution in [0.4, 0.5) is 0 Å². The number of nitrogens with zero attached hydrogens (tertiary/aromatic N) is 1. The number of hydrogen-bond acceptors (Lipinski definition) is 3. The van der Waals surface area contributed by atoms with Crippen molar-refractivity contribution in [2.75, 3.05) is 19.6 Å². The molecule has 2 fully saturated rings. The smallest absolute Gasteiger partial charge is 0.0914 e. The van der Waals surface area contributed by atoms with Gasteiger partial charge in [0.05, 0.1) is 6.10 Å². The third-order valence-corrected chi connectivity index (χ3v) is 5.68. The van der Waals surface area contributed by atoms with Crippen LogP contribution in [-0.4, -0.2) is 41.7 Å². The van der Waals surface area contributed by atoms with E-state index in [4.69, 9.17) is 0 Å². The first kappa shape index (κ1) is 16.9. The monoisotopic (exact) mass is 316 g/mol. The summed E-state index contributed by atoms with van der Waals surface area (Å²) in [5.74, 6) is 0. The van der Waals surface area contributed by atoms with Gasteiger partial charge in [0.2, 0.25) is 0 Å². The van der Waals surface area contributed by atoms with Crippen LogP contribution in [0.25, 0.3) is 0 Å². The number of benzene rings is 1. The summed E-state index contributed by atoms with van der Waals surface area (Å²) in [6.45, 7) is 5.19. The summed E-state index contributed by atoms with van der Waals surface area (Å²) >= 11 is 0. The molecule has 0 aromatic heterocycles. The number of nitrogens with one attached hydrogen (secondary N) is 1. The SMILES string of the molecule is Cc1ccc(C(O)CNC2CCN(C3CCCCC3)CC2)cc1. The van der Waals surface area contributed by atoms with Crippen molar-refractivity contribution in [3.05, 3.63) is 35.4 Å². The Morgan fingerprint density at radius 2 is 1.70 bits per heavy atom. The highest BCUT2D eigenvalue weighted by atomic mass is 16.3. The van der Waals surface area contributed by atoms with Gasteiger partial charge >= 0.3 is 0 Å². The minimum Gasteiger partial charge on any atom is -0.387 e. The molecule has 1 aliphatic carbocycles. The fourth-order valence-electron chi connectivity index (χ4n) is 4.10. The lowest BCUT2D eigenvalue weighted by Gasteiger charge is -2.39. The molecule has 1 aromatic rings. The summed E-state index contributed by atoms with van der Waals surface area (Å²) in [5, 5.41) is 13.9. The van der Waals surface area contributed by atoms with E-state index in [2.05, 4.69) is 29.3 Å². The van der Waals surface area contributed by atoms with Crippen LogP contribution in [0.3, 0.4) is 0 Å². The predicted molar refractivity (Wildman–Crippen MR) is 95.6 cm³/mol. The fourth-order valence-corrected chi connectivity index (χ4v) is 4.10. The molecule has 1 aromatic carbocycles. The summed E-state index contributed by atoms with van der Waals surface area (Å²) in [5.41, 5.74) is 2.26. The van der Waals surface area contributed by atoms with Crippen LogP contribution in [-0.2, 0) is 0 Å². The molecule has 23 heavy (non-hydrogen) atoms. The third kappa shape index (κ3) is 4.79. The molecule has 0 amide bonds. The van der Waals surface area contributed by atoms with E-state index in [9.17, 15) is 5.11 Å². The van der Waals surface area contributed by atoms with Crippen molar-refractivity contribution < 1.29 is 5.11 Å². The van der Waals surface area contributed by atoms with E-state index in [1.54, 1.807) is 0 Å². The van der Waals surface area contributed by atoms with E-state index in [1.165, 1.54) is 63.6 Å². The van der Waals surface area contributed by atoms with Gasteiger partial charge in [-0.05, 0) is 51.3 Å². The molecule has 1 saturated carbocycles. The summed E-state index contributed by atoms with van der Waals surface area (Å²) in [7, 11) is 0. The van der Waals surface area contributed by atoms with Gasteiger partial charge in [0, 0.05) is 18.6 Å². The van der Waals surface area contributed by atoms with Gasteiger partial charge in [-0.1, -0.05) is 49.1 Å². The Balaban J connectivity index is 1.39. The average Bonchev–Trinajstić information content (AvgIpc) is 2.61. The van der Waals surface area contributed by atoms with E-state index in [0.717, 1.165) is 11.6 Å². The first-order chi connectivity index (χ1) is 11.2. The Bertz CT molecular complexity index is 459. The quantitative estimate of drug-likeness (QED) is 0.874. The molecular formula is C20H32N2O. The van der Waals surface area contributed by atoms with Gasteiger partial charge in [-0.2, -0.15) is 0 Å². The van der Waals surface area contributed by atoms with Crippen molar-refractivity contribution in [3.63, 3.8) is 0 Å². The first-order valence-electron chi connectivity index (χ1n) is 9.44. The van der Waals surface area contributed by atoms with Gasteiger partial charge in [-0.25, -0.2) is 0 Å². The highest BCUT2D eigenvalue weighted by molar-refractivity contribution is 5.23. The Morgan fingerprint density at radius 3 is 2.35 bits per heavy atom. The van der Waals surface area contributed by atoms with Crippen LogP contribution in [0.5, 0.6) is 0 Å². The maximum Gasteiger partial charge on any atom is 0.0914 e. The highest BCUT2D eigenvalue weighted by Gasteiger charge is 2.26. The Morgan fingerprint density at radius 1 is 1.04 bits per heavy atom. The van der Waals surface area contributed by atoms with Gasteiger partial charge < -0.3 is 15.3 Å². The number of hydrogen-bond donors (Lipinski definition) is 2. The zero-order valence-corrected chi connectivity index (χ0v) is 14.5. The van der Waals surface area contributed by atoms with Crippen molar-refractivity contribution in [2.24, 2.45) is 0 Å². The van der Waals surface area contributed by atoms with Gasteiger partial charge in [-0.15, -0.1) is 0 Å². The molecule has 1 unspecified atom stereocenters. The summed E-state index contributed by atoms with van der Waals surface area (Å²) in [4.78, 5) is 2.72. The zero-order chi connectivity index (χ0) is 16.1. The molecule has 0 radical (unpaired) electrons. The molecule has 1 aliphatic heterocycles. The molecule has 3 rings (SSSR count). The van der Waals surface area contributed by atoms with Crippen molar-refractivity contribution in [1.29, 1.82) is 0 Å². The molecule has 1 saturated heterocycles. The van der Waals surface area contributed by atoms with Crippen LogP contribution in [0.2, 0.25) is 0 Å². The van der Waals surface area contributed by atoms with Crippen molar-refractivity contribution in [3.8, 4) is 0 Å². The summed E-state index contributed by atoms with van der Waals surface area (Å²) < 4.78 is 0. The van der Waals surface area contributed by atoms with Crippen molar-refractivity contribution in [1.82, 2.24) is 10.2 Å². The van der Waals surface area contributed by atoms with Crippen molar-refractivity contribution in [2.45, 2.75) is 70.1 Å². The third-order valence-electron chi connectivity index (χ3n) is 5.68. The fraction of sp³-hybridized carbons (Fsp3) is 0.700. The molecule has 1 atom stereocenters. The molecule has 3 heteroatoms. The molecule has 1 heterocycles. The van der Waals surface area contributed by atoms with E-state index in [0.29, 0.717) is 12.6 Å². The maximum atomic E-state index is 10.3. The minimum atomic E-state index is -0.396. The van der Waals surface area contributed by atoms with Gasteiger partial charge in [0.15, 0.2) is 0 Å². The normalized spacial score (nSPS) is 23.0. The van der Waals surface area contributed by atoms with Crippen LogP contribution in [0.1, 0.15) is 62.2 Å². The molecule has 0 spiro atoms. The lowest BCUT2D eigenvalue weighted by atomic mass is 9.92. The van der Waals surface area contributed by atoms with E-state index in [-0.39, 0.29) is 0 Å². The van der Waals surface area contributed by atoms with Gasteiger partial charge in [-0.3, -0.25) is 0 Å². The van der Waals surface area contributed by atoms with Crippen LogP contribution in [0.15, 0.2) is 24.3 Å². The molecule has 0 bridgehead atoms. The molecule has 2 N–H and O–H groups in total. The largest absolute Gasteiger partial charge is 0.387 e. The Hall–Kier alpha value is -0.900. The zero-order valence-electron chi connectivity index (χ0n) is 14.5. The number of rotatable bonds is 5. The van der Waals surface area contributed by atoms with E-state index in [1.807, 2.05) is 12.1 Å². The number of aliphatic hydroxyl groups is 1. The minimum absolute atomic E-state index is 0.396. The van der Waals surface area contributed by atoms with E-state index >= 15 is 0 Å². The second-order valence-corrected chi connectivity index (χ2v) is 7.44. The summed E-state index contributed by atoms with van der Waals surface area (Å²) in [6, 6.07) is 9.63. The lowest BCUT2D eigenvalue weighted by Crippen LogP contribution is -2.47. The second-order valence-electron chi connectivity index (χ2n) is 7.44. The molecule has 128 valence electrons. The topological polar surface area (TPSA) is 35.5 Å². The Labute approximate surface area is 141 Å². The Kier molecular flexibility index (Phi) is 6.09. The van der Waals surface area contributed by atoms with Gasteiger partial charge in [0.25, 0.3) is 0 Å². The van der Waals surface area contributed by atoms with Crippen LogP contribution < -0.4 is 5.32 Å². The second kappa shape index (κ2) is 8.27. The number of likely N-dealkylation sites (tertiary alicyclic amines) is 1. The highest BCUT2D eigenvalue weighted by Crippen LogP contribution is 2.25. The average molecular weight is 316 g/mol. The van der Waals surface area contributed by atoms with Crippen LogP contribution >= 0.6 is 0 Å². The number of piperidine rings is 1.